The van der Waals surface area contributed by atoms with Gasteiger partial charge in [0.2, 0.25) is 10.0 Å². The van der Waals surface area contributed by atoms with Crippen LogP contribution in [0.2, 0.25) is 0 Å². The predicted octanol–water partition coefficient (Wildman–Crippen LogP) is 1.15. The monoisotopic (exact) mass is 354 g/mol. The third-order valence-corrected chi connectivity index (χ3v) is 5.72. The summed E-state index contributed by atoms with van der Waals surface area (Å²) in [7, 11) is -3.58. The van der Waals surface area contributed by atoms with Crippen LogP contribution in [0.25, 0.3) is 0 Å². The minimum atomic E-state index is -3.58. The zero-order valence-electron chi connectivity index (χ0n) is 11.9. The van der Waals surface area contributed by atoms with Crippen molar-refractivity contribution in [3.05, 3.63) is 52.9 Å². The molecule has 1 heterocycles. The lowest BCUT2D eigenvalue weighted by Gasteiger charge is -2.08. The topological polar surface area (TPSA) is 113 Å². The fourth-order valence-electron chi connectivity index (χ4n) is 1.81. The molecule has 0 aliphatic carbocycles. The number of amides is 1. The van der Waals surface area contributed by atoms with Crippen LogP contribution < -0.4 is 10.0 Å². The van der Waals surface area contributed by atoms with E-state index >= 15 is 0 Å². The first-order chi connectivity index (χ1) is 10.9. The van der Waals surface area contributed by atoms with Gasteiger partial charge in [0.15, 0.2) is 0 Å². The molecule has 3 N–H and O–H groups in total. The van der Waals surface area contributed by atoms with E-state index in [2.05, 4.69) is 10.0 Å². The third-order valence-electron chi connectivity index (χ3n) is 2.86. The Kier molecular flexibility index (Phi) is 5.48. The van der Waals surface area contributed by atoms with E-state index in [1.54, 1.807) is 17.5 Å². The van der Waals surface area contributed by atoms with E-state index in [0.717, 1.165) is 11.3 Å². The van der Waals surface area contributed by atoms with Crippen LogP contribution in [0.5, 0.6) is 0 Å². The second-order valence-electron chi connectivity index (χ2n) is 4.44. The maximum Gasteiger partial charge on any atom is 0.336 e. The molecule has 2 aromatic rings. The van der Waals surface area contributed by atoms with Gasteiger partial charge in [-0.05, 0) is 23.6 Å². The molecule has 0 radical (unpaired) electrons. The Morgan fingerprint density at radius 2 is 1.74 bits per heavy atom. The van der Waals surface area contributed by atoms with Crippen molar-refractivity contribution in [3.63, 3.8) is 0 Å². The molecular weight excluding hydrogens is 340 g/mol. The maximum absolute atomic E-state index is 12.0. The van der Waals surface area contributed by atoms with Gasteiger partial charge in [0, 0.05) is 13.1 Å². The van der Waals surface area contributed by atoms with Crippen molar-refractivity contribution in [1.82, 2.24) is 10.0 Å². The molecule has 0 saturated carbocycles. The fourth-order valence-corrected chi connectivity index (χ4v) is 3.88. The number of carbonyl (C=O) groups is 2. The number of carbonyl (C=O) groups excluding carboxylic acids is 1. The molecule has 0 unspecified atom stereocenters. The number of thiophene rings is 1. The van der Waals surface area contributed by atoms with Gasteiger partial charge in [-0.15, -0.1) is 11.3 Å². The summed E-state index contributed by atoms with van der Waals surface area (Å²) in [6.45, 7) is 0.0403. The molecule has 0 aliphatic rings. The lowest BCUT2D eigenvalue weighted by atomic mass is 10.1. The number of rotatable bonds is 7. The van der Waals surface area contributed by atoms with Gasteiger partial charge in [0.1, 0.15) is 4.21 Å². The first-order valence-corrected chi connectivity index (χ1v) is 8.92. The van der Waals surface area contributed by atoms with Crippen molar-refractivity contribution in [2.45, 2.75) is 4.21 Å². The van der Waals surface area contributed by atoms with Crippen molar-refractivity contribution in [1.29, 1.82) is 0 Å². The van der Waals surface area contributed by atoms with Crippen LogP contribution in [0.4, 0.5) is 0 Å². The Labute approximate surface area is 137 Å². The molecule has 2 rings (SSSR count). The largest absolute Gasteiger partial charge is 0.478 e. The van der Waals surface area contributed by atoms with Gasteiger partial charge < -0.3 is 10.4 Å². The van der Waals surface area contributed by atoms with Crippen LogP contribution >= 0.6 is 11.3 Å². The Hall–Kier alpha value is -2.23. The maximum atomic E-state index is 12.0. The summed E-state index contributed by atoms with van der Waals surface area (Å²) >= 11 is 1.09. The highest BCUT2D eigenvalue weighted by atomic mass is 32.2. The van der Waals surface area contributed by atoms with Crippen molar-refractivity contribution in [3.8, 4) is 0 Å². The summed E-state index contributed by atoms with van der Waals surface area (Å²) in [4.78, 5) is 23.0. The van der Waals surface area contributed by atoms with Gasteiger partial charge in [-0.3, -0.25) is 4.79 Å². The van der Waals surface area contributed by atoms with Crippen LogP contribution in [-0.2, 0) is 10.0 Å². The molecule has 0 spiro atoms. The first kappa shape index (κ1) is 17.1. The Balaban J connectivity index is 1.90. The van der Waals surface area contributed by atoms with Gasteiger partial charge in [-0.25, -0.2) is 17.9 Å². The molecule has 0 atom stereocenters. The number of hydrogen-bond donors (Lipinski definition) is 3. The first-order valence-electron chi connectivity index (χ1n) is 6.55. The van der Waals surface area contributed by atoms with Crippen LogP contribution in [0, 0.1) is 0 Å². The summed E-state index contributed by atoms with van der Waals surface area (Å²) in [5, 5.41) is 13.2. The van der Waals surface area contributed by atoms with Crippen LogP contribution in [0.3, 0.4) is 0 Å². The van der Waals surface area contributed by atoms with E-state index in [9.17, 15) is 18.0 Å². The molecule has 9 heteroatoms. The minimum absolute atomic E-state index is 0.00120. The highest BCUT2D eigenvalue weighted by molar-refractivity contribution is 7.91. The highest BCUT2D eigenvalue weighted by Gasteiger charge is 2.16. The Bertz CT molecular complexity index is 800. The van der Waals surface area contributed by atoms with E-state index in [0.29, 0.717) is 0 Å². The molecule has 0 aliphatic heterocycles. The third kappa shape index (κ3) is 4.38. The second-order valence-corrected chi connectivity index (χ2v) is 7.38. The van der Waals surface area contributed by atoms with Crippen molar-refractivity contribution >= 4 is 33.2 Å². The SMILES string of the molecule is O=C(O)c1ccccc1C(=O)NCCNS(=O)(=O)c1cccs1. The molecular formula is C14H14N2O5S2. The number of hydrogen-bond acceptors (Lipinski definition) is 5. The average Bonchev–Trinajstić information content (AvgIpc) is 3.06. The van der Waals surface area contributed by atoms with E-state index in [-0.39, 0.29) is 28.4 Å². The molecule has 0 fully saturated rings. The normalized spacial score (nSPS) is 11.1. The lowest BCUT2D eigenvalue weighted by Crippen LogP contribution is -2.35. The summed E-state index contributed by atoms with van der Waals surface area (Å²) in [5.41, 5.74) is -0.0784. The van der Waals surface area contributed by atoms with Gasteiger partial charge in [0.05, 0.1) is 11.1 Å². The molecule has 23 heavy (non-hydrogen) atoms. The van der Waals surface area contributed by atoms with Gasteiger partial charge in [-0.2, -0.15) is 0 Å². The number of nitrogens with one attached hydrogen (secondary N) is 2. The number of benzene rings is 1. The molecule has 0 saturated heterocycles. The Morgan fingerprint density at radius 1 is 1.04 bits per heavy atom. The molecule has 1 aromatic heterocycles. The quantitative estimate of drug-likeness (QED) is 0.646. The molecule has 1 aromatic carbocycles. The van der Waals surface area contributed by atoms with Crippen molar-refractivity contribution < 1.29 is 23.1 Å². The average molecular weight is 354 g/mol. The fraction of sp³-hybridized carbons (Fsp3) is 0.143. The standard InChI is InChI=1S/C14H14N2O5S2/c17-13(10-4-1-2-5-11(10)14(18)19)15-7-8-16-23(20,21)12-6-3-9-22-12/h1-6,9,16H,7-8H2,(H,15,17)(H,18,19). The van der Waals surface area contributed by atoms with E-state index in [4.69, 9.17) is 5.11 Å². The van der Waals surface area contributed by atoms with Gasteiger partial charge in [-0.1, -0.05) is 18.2 Å². The number of aromatic carboxylic acids is 1. The van der Waals surface area contributed by atoms with Crippen molar-refractivity contribution in [2.24, 2.45) is 0 Å². The van der Waals surface area contributed by atoms with Gasteiger partial charge in [0.25, 0.3) is 5.91 Å². The van der Waals surface area contributed by atoms with E-state index in [1.165, 1.54) is 24.3 Å². The van der Waals surface area contributed by atoms with Gasteiger partial charge >= 0.3 is 5.97 Å². The molecule has 122 valence electrons. The predicted molar refractivity (Wildman–Crippen MR) is 85.2 cm³/mol. The van der Waals surface area contributed by atoms with Crippen molar-refractivity contribution in [2.75, 3.05) is 13.1 Å². The van der Waals surface area contributed by atoms with Crippen LogP contribution in [0.15, 0.2) is 46.0 Å². The smallest absolute Gasteiger partial charge is 0.336 e. The van der Waals surface area contributed by atoms with Crippen LogP contribution in [-0.4, -0.2) is 38.5 Å². The minimum Gasteiger partial charge on any atom is -0.478 e. The summed E-state index contributed by atoms with van der Waals surface area (Å²) in [6.07, 6.45) is 0. The Morgan fingerprint density at radius 3 is 2.35 bits per heavy atom. The van der Waals surface area contributed by atoms with Crippen LogP contribution in [0.1, 0.15) is 20.7 Å². The molecule has 7 nitrogen and oxygen atoms in total. The molecule has 0 bridgehead atoms. The number of carboxylic acid groups (broad SMARTS) is 1. The molecule has 1 amide bonds. The lowest BCUT2D eigenvalue weighted by molar-refractivity contribution is 0.0691. The van der Waals surface area contributed by atoms with E-state index in [1.807, 2.05) is 0 Å². The summed E-state index contributed by atoms with van der Waals surface area (Å²) in [5.74, 6) is -1.77. The zero-order valence-corrected chi connectivity index (χ0v) is 13.5. The number of carboxylic acids is 1. The summed E-state index contributed by atoms with van der Waals surface area (Å²) < 4.78 is 26.3. The second kappa shape index (κ2) is 7.36. The number of sulfonamides is 1. The summed E-state index contributed by atoms with van der Waals surface area (Å²) in [6, 6.07) is 8.92. The zero-order chi connectivity index (χ0) is 16.9. The highest BCUT2D eigenvalue weighted by Crippen LogP contribution is 2.14. The van der Waals surface area contributed by atoms with E-state index < -0.39 is 21.9 Å².